The molecule has 1 saturated heterocycles. The Bertz CT molecular complexity index is 664. The monoisotopic (exact) mass is 316 g/mol. The molecule has 0 atom stereocenters. The SMILES string of the molecule is O=C(CCC1CCNCC1)Nc1cnn(-c2ccccc2F)c1. The van der Waals surface area contributed by atoms with E-state index in [1.807, 2.05) is 0 Å². The van der Waals surface area contributed by atoms with Crippen LogP contribution in [0.1, 0.15) is 25.7 Å². The quantitative estimate of drug-likeness (QED) is 0.892. The zero-order valence-electron chi connectivity index (χ0n) is 13.0. The first-order chi connectivity index (χ1) is 11.2. The number of nitrogens with one attached hydrogen (secondary N) is 2. The summed E-state index contributed by atoms with van der Waals surface area (Å²) in [5.74, 6) is 0.263. The molecule has 0 saturated carbocycles. The first kappa shape index (κ1) is 15.7. The van der Waals surface area contributed by atoms with E-state index in [-0.39, 0.29) is 11.7 Å². The van der Waals surface area contributed by atoms with Crippen LogP contribution >= 0.6 is 0 Å². The summed E-state index contributed by atoms with van der Waals surface area (Å²) in [4.78, 5) is 12.0. The van der Waals surface area contributed by atoms with E-state index in [0.717, 1.165) is 32.4 Å². The van der Waals surface area contributed by atoms with Gasteiger partial charge >= 0.3 is 0 Å². The van der Waals surface area contributed by atoms with Crippen LogP contribution in [0.15, 0.2) is 36.7 Å². The molecule has 0 spiro atoms. The number of carbonyl (C=O) groups is 1. The number of carbonyl (C=O) groups excluding carboxylic acids is 1. The van der Waals surface area contributed by atoms with Crippen molar-refractivity contribution in [2.75, 3.05) is 18.4 Å². The lowest BCUT2D eigenvalue weighted by molar-refractivity contribution is -0.116. The first-order valence-electron chi connectivity index (χ1n) is 8.02. The van der Waals surface area contributed by atoms with Crippen molar-refractivity contribution in [1.29, 1.82) is 0 Å². The maximum absolute atomic E-state index is 13.7. The van der Waals surface area contributed by atoms with E-state index in [1.54, 1.807) is 24.4 Å². The highest BCUT2D eigenvalue weighted by atomic mass is 19.1. The van der Waals surface area contributed by atoms with Crippen LogP contribution < -0.4 is 10.6 Å². The molecule has 0 unspecified atom stereocenters. The van der Waals surface area contributed by atoms with Crippen LogP contribution in [0, 0.1) is 11.7 Å². The van der Waals surface area contributed by atoms with Gasteiger partial charge in [0.2, 0.25) is 5.91 Å². The van der Waals surface area contributed by atoms with Crippen LogP contribution in [-0.2, 0) is 4.79 Å². The second-order valence-corrected chi connectivity index (χ2v) is 5.91. The Morgan fingerprint density at radius 2 is 2.13 bits per heavy atom. The molecule has 1 fully saturated rings. The first-order valence-corrected chi connectivity index (χ1v) is 8.02. The number of benzene rings is 1. The van der Waals surface area contributed by atoms with Gasteiger partial charge in [-0.1, -0.05) is 12.1 Å². The van der Waals surface area contributed by atoms with Crippen LogP contribution in [0.4, 0.5) is 10.1 Å². The summed E-state index contributed by atoms with van der Waals surface area (Å²) in [6.45, 7) is 2.09. The summed E-state index contributed by atoms with van der Waals surface area (Å²) < 4.78 is 15.1. The fraction of sp³-hybridized carbons (Fsp3) is 0.412. The molecule has 3 rings (SSSR count). The van der Waals surface area contributed by atoms with Gasteiger partial charge in [-0.05, 0) is 50.4 Å². The molecule has 0 aliphatic carbocycles. The van der Waals surface area contributed by atoms with E-state index in [9.17, 15) is 9.18 Å². The Balaban J connectivity index is 1.54. The van der Waals surface area contributed by atoms with Crippen LogP contribution in [0.3, 0.4) is 0 Å². The summed E-state index contributed by atoms with van der Waals surface area (Å²) in [6, 6.07) is 6.41. The maximum Gasteiger partial charge on any atom is 0.224 e. The molecule has 1 amide bonds. The topological polar surface area (TPSA) is 59.0 Å². The molecule has 2 N–H and O–H groups in total. The zero-order valence-corrected chi connectivity index (χ0v) is 13.0. The summed E-state index contributed by atoms with van der Waals surface area (Å²) in [7, 11) is 0. The van der Waals surface area contributed by atoms with Crippen molar-refractivity contribution in [3.05, 3.63) is 42.5 Å². The number of halogens is 1. The summed E-state index contributed by atoms with van der Waals surface area (Å²) >= 11 is 0. The number of rotatable bonds is 5. The second kappa shape index (κ2) is 7.37. The molecule has 1 aliphatic heterocycles. The minimum absolute atomic E-state index is 0.0170. The van der Waals surface area contributed by atoms with E-state index in [0.29, 0.717) is 23.7 Å². The standard InChI is InChI=1S/C17H21FN4O/c18-15-3-1-2-4-16(15)22-12-14(11-20-22)21-17(23)6-5-13-7-9-19-10-8-13/h1-4,11-13,19H,5-10H2,(H,21,23). The fourth-order valence-electron chi connectivity index (χ4n) is 2.89. The molecule has 2 aromatic rings. The van der Waals surface area contributed by atoms with Gasteiger partial charge in [0.25, 0.3) is 0 Å². The second-order valence-electron chi connectivity index (χ2n) is 5.91. The molecular weight excluding hydrogens is 295 g/mol. The number of hydrogen-bond acceptors (Lipinski definition) is 3. The lowest BCUT2D eigenvalue weighted by atomic mass is 9.93. The average Bonchev–Trinajstić information content (AvgIpc) is 3.02. The van der Waals surface area contributed by atoms with Crippen LogP contribution in [0.5, 0.6) is 0 Å². The van der Waals surface area contributed by atoms with Gasteiger partial charge in [-0.25, -0.2) is 9.07 Å². The zero-order chi connectivity index (χ0) is 16.1. The van der Waals surface area contributed by atoms with Crippen LogP contribution in [0.2, 0.25) is 0 Å². The normalized spacial score (nSPS) is 15.5. The number of aromatic nitrogens is 2. The van der Waals surface area contributed by atoms with Crippen LogP contribution in [-0.4, -0.2) is 28.8 Å². The van der Waals surface area contributed by atoms with Crippen molar-refractivity contribution in [2.45, 2.75) is 25.7 Å². The fourth-order valence-corrected chi connectivity index (χ4v) is 2.89. The molecule has 5 nitrogen and oxygen atoms in total. The van der Waals surface area contributed by atoms with E-state index in [4.69, 9.17) is 0 Å². The molecule has 23 heavy (non-hydrogen) atoms. The highest BCUT2D eigenvalue weighted by Gasteiger charge is 2.15. The Kier molecular flexibility index (Phi) is 5.02. The number of amides is 1. The summed E-state index contributed by atoms with van der Waals surface area (Å²) in [6.07, 6.45) is 6.86. The van der Waals surface area contributed by atoms with E-state index >= 15 is 0 Å². The third-order valence-electron chi connectivity index (χ3n) is 4.20. The van der Waals surface area contributed by atoms with Gasteiger partial charge in [0.15, 0.2) is 0 Å². The Morgan fingerprint density at radius 3 is 2.91 bits per heavy atom. The molecule has 1 aromatic carbocycles. The minimum atomic E-state index is -0.348. The number of anilines is 1. The van der Waals surface area contributed by atoms with Crippen molar-refractivity contribution in [1.82, 2.24) is 15.1 Å². The van der Waals surface area contributed by atoms with Crippen molar-refractivity contribution >= 4 is 11.6 Å². The smallest absolute Gasteiger partial charge is 0.224 e. The van der Waals surface area contributed by atoms with Gasteiger partial charge in [0.1, 0.15) is 11.5 Å². The minimum Gasteiger partial charge on any atom is -0.323 e. The Labute approximate surface area is 134 Å². The van der Waals surface area contributed by atoms with Gasteiger partial charge in [-0.2, -0.15) is 5.10 Å². The molecule has 1 aromatic heterocycles. The molecule has 0 radical (unpaired) electrons. The number of piperidine rings is 1. The highest BCUT2D eigenvalue weighted by Crippen LogP contribution is 2.19. The molecule has 1 aliphatic rings. The van der Waals surface area contributed by atoms with Gasteiger partial charge in [-0.15, -0.1) is 0 Å². The summed E-state index contributed by atoms with van der Waals surface area (Å²) in [5.41, 5.74) is 0.950. The predicted octanol–water partition coefficient (Wildman–Crippen LogP) is 2.73. The van der Waals surface area contributed by atoms with Gasteiger partial charge in [0, 0.05) is 6.42 Å². The van der Waals surface area contributed by atoms with Crippen molar-refractivity contribution < 1.29 is 9.18 Å². The molecule has 122 valence electrons. The largest absolute Gasteiger partial charge is 0.323 e. The van der Waals surface area contributed by atoms with Crippen molar-refractivity contribution in [3.63, 3.8) is 0 Å². The third kappa shape index (κ3) is 4.16. The molecule has 0 bridgehead atoms. The summed E-state index contributed by atoms with van der Waals surface area (Å²) in [5, 5.41) is 10.3. The van der Waals surface area contributed by atoms with Crippen molar-refractivity contribution in [3.8, 4) is 5.69 Å². The van der Waals surface area contributed by atoms with Gasteiger partial charge in [0.05, 0.1) is 18.1 Å². The number of nitrogens with zero attached hydrogens (tertiary/aromatic N) is 2. The van der Waals surface area contributed by atoms with E-state index < -0.39 is 0 Å². The molecule has 6 heteroatoms. The lowest BCUT2D eigenvalue weighted by Crippen LogP contribution is -2.28. The number of hydrogen-bond donors (Lipinski definition) is 2. The van der Waals surface area contributed by atoms with E-state index in [1.165, 1.54) is 16.9 Å². The molecular formula is C17H21FN4O. The Morgan fingerprint density at radius 1 is 1.35 bits per heavy atom. The maximum atomic E-state index is 13.7. The van der Waals surface area contributed by atoms with Gasteiger partial charge < -0.3 is 10.6 Å². The predicted molar refractivity (Wildman–Crippen MR) is 87.0 cm³/mol. The van der Waals surface area contributed by atoms with Crippen molar-refractivity contribution in [2.24, 2.45) is 5.92 Å². The van der Waals surface area contributed by atoms with Crippen LogP contribution in [0.25, 0.3) is 5.69 Å². The van der Waals surface area contributed by atoms with E-state index in [2.05, 4.69) is 15.7 Å². The Hall–Kier alpha value is -2.21. The number of para-hydroxylation sites is 1. The van der Waals surface area contributed by atoms with Gasteiger partial charge in [-0.3, -0.25) is 4.79 Å². The lowest BCUT2D eigenvalue weighted by Gasteiger charge is -2.22. The molecule has 2 heterocycles. The highest BCUT2D eigenvalue weighted by molar-refractivity contribution is 5.90. The average molecular weight is 316 g/mol. The third-order valence-corrected chi connectivity index (χ3v) is 4.20.